The summed E-state index contributed by atoms with van der Waals surface area (Å²) in [7, 11) is 0. The molecule has 0 fully saturated rings. The molecule has 1 rings (SSSR count). The lowest BCUT2D eigenvalue weighted by Crippen LogP contribution is -2.31. The molecule has 2 N–H and O–H groups in total. The number of rotatable bonds is 8. The molecule has 0 atom stereocenters. The van der Waals surface area contributed by atoms with Crippen LogP contribution in [0.25, 0.3) is 0 Å². The van der Waals surface area contributed by atoms with Gasteiger partial charge in [-0.1, -0.05) is 25.6 Å². The second kappa shape index (κ2) is 8.02. The Kier molecular flexibility index (Phi) is 6.67. The minimum Gasteiger partial charge on any atom is -0.481 e. The number of carboxylic acid groups (broad SMARTS) is 1. The molecule has 0 bridgehead atoms. The second-order valence-electron chi connectivity index (χ2n) is 5.30. The Morgan fingerprint density at radius 3 is 2.48 bits per heavy atom. The van der Waals surface area contributed by atoms with E-state index in [1.807, 2.05) is 32.3 Å². The molecule has 118 valence electrons. The molecule has 0 aliphatic carbocycles. The maximum atomic E-state index is 11.7. The first kappa shape index (κ1) is 17.5. The Morgan fingerprint density at radius 1 is 1.29 bits per heavy atom. The van der Waals surface area contributed by atoms with Crippen LogP contribution in [0.2, 0.25) is 0 Å². The van der Waals surface area contributed by atoms with E-state index >= 15 is 0 Å². The first-order valence-corrected chi connectivity index (χ1v) is 7.86. The molecular weight excluding hydrogens is 292 g/mol. The normalized spacial score (nSPS) is 11.1. The van der Waals surface area contributed by atoms with Gasteiger partial charge in [0.15, 0.2) is 5.16 Å². The largest absolute Gasteiger partial charge is 0.481 e. The van der Waals surface area contributed by atoms with Crippen LogP contribution in [0.5, 0.6) is 0 Å². The van der Waals surface area contributed by atoms with Crippen LogP contribution in [0, 0.1) is 0 Å². The van der Waals surface area contributed by atoms with Crippen molar-refractivity contribution in [3.05, 3.63) is 5.82 Å². The summed E-state index contributed by atoms with van der Waals surface area (Å²) in [4.78, 5) is 22.4. The number of nitrogens with zero attached hydrogens (tertiary/aromatic N) is 3. The summed E-state index contributed by atoms with van der Waals surface area (Å²) in [6.07, 6.45) is 0.316. The lowest BCUT2D eigenvalue weighted by atomic mass is 10.2. The molecule has 7 nitrogen and oxygen atoms in total. The fourth-order valence-corrected chi connectivity index (χ4v) is 2.47. The van der Waals surface area contributed by atoms with Crippen molar-refractivity contribution < 1.29 is 14.7 Å². The predicted molar refractivity (Wildman–Crippen MR) is 80.4 cm³/mol. The maximum absolute atomic E-state index is 11.7. The molecule has 0 aromatic carbocycles. The number of aromatic nitrogens is 3. The molecular formula is C13H22N4O3S. The van der Waals surface area contributed by atoms with Crippen molar-refractivity contribution in [1.82, 2.24) is 20.1 Å². The maximum Gasteiger partial charge on any atom is 0.313 e. The van der Waals surface area contributed by atoms with Crippen molar-refractivity contribution >= 4 is 23.6 Å². The van der Waals surface area contributed by atoms with E-state index in [2.05, 4.69) is 15.5 Å². The van der Waals surface area contributed by atoms with Gasteiger partial charge in [0.2, 0.25) is 5.91 Å². The van der Waals surface area contributed by atoms with Gasteiger partial charge in [0.05, 0.1) is 5.75 Å². The van der Waals surface area contributed by atoms with E-state index in [9.17, 15) is 9.59 Å². The highest BCUT2D eigenvalue weighted by atomic mass is 32.2. The highest BCUT2D eigenvalue weighted by Gasteiger charge is 2.17. The molecule has 1 heterocycles. The number of amides is 1. The minimum absolute atomic E-state index is 0.0393. The van der Waals surface area contributed by atoms with Crippen LogP contribution in [0.15, 0.2) is 5.16 Å². The standard InChI is InChI=1S/C13H22N4O3S/c1-8(2)12-15-16-13(21-7-11(19)20)17(12)6-5-10(18)14-9(3)4/h8-9H,5-7H2,1-4H3,(H,14,18)(H,19,20). The van der Waals surface area contributed by atoms with E-state index in [1.165, 1.54) is 0 Å². The van der Waals surface area contributed by atoms with E-state index in [0.717, 1.165) is 17.6 Å². The Bertz CT molecular complexity index is 500. The van der Waals surface area contributed by atoms with Crippen molar-refractivity contribution in [2.45, 2.75) is 57.8 Å². The number of hydrogen-bond donors (Lipinski definition) is 2. The van der Waals surface area contributed by atoms with Crippen LogP contribution in [-0.2, 0) is 16.1 Å². The van der Waals surface area contributed by atoms with E-state index in [-0.39, 0.29) is 23.6 Å². The van der Waals surface area contributed by atoms with Gasteiger partial charge in [0, 0.05) is 24.9 Å². The van der Waals surface area contributed by atoms with Crippen LogP contribution in [0.4, 0.5) is 0 Å². The van der Waals surface area contributed by atoms with E-state index in [0.29, 0.717) is 18.1 Å². The lowest BCUT2D eigenvalue weighted by Gasteiger charge is -2.12. The van der Waals surface area contributed by atoms with Crippen molar-refractivity contribution in [1.29, 1.82) is 0 Å². The van der Waals surface area contributed by atoms with Crippen LogP contribution in [-0.4, -0.2) is 43.5 Å². The third-order valence-corrected chi connectivity index (χ3v) is 3.55. The molecule has 21 heavy (non-hydrogen) atoms. The Labute approximate surface area is 128 Å². The summed E-state index contributed by atoms with van der Waals surface area (Å²) in [5.74, 6) is -0.0973. The molecule has 0 aliphatic rings. The van der Waals surface area contributed by atoms with Gasteiger partial charge in [-0.05, 0) is 13.8 Å². The van der Waals surface area contributed by atoms with Crippen molar-refractivity contribution in [3.63, 3.8) is 0 Å². The number of nitrogens with one attached hydrogen (secondary N) is 1. The zero-order valence-electron chi connectivity index (χ0n) is 12.8. The summed E-state index contributed by atoms with van der Waals surface area (Å²) in [5.41, 5.74) is 0. The van der Waals surface area contributed by atoms with Crippen LogP contribution in [0.1, 0.15) is 45.9 Å². The fraction of sp³-hybridized carbons (Fsp3) is 0.692. The van der Waals surface area contributed by atoms with Gasteiger partial charge in [0.25, 0.3) is 0 Å². The van der Waals surface area contributed by atoms with Crippen LogP contribution in [0.3, 0.4) is 0 Å². The molecule has 0 radical (unpaired) electrons. The molecule has 1 aromatic rings. The van der Waals surface area contributed by atoms with Gasteiger partial charge in [-0.15, -0.1) is 10.2 Å². The van der Waals surface area contributed by atoms with Crippen molar-refractivity contribution in [3.8, 4) is 0 Å². The highest BCUT2D eigenvalue weighted by molar-refractivity contribution is 7.99. The monoisotopic (exact) mass is 314 g/mol. The van der Waals surface area contributed by atoms with E-state index in [4.69, 9.17) is 5.11 Å². The molecule has 0 spiro atoms. The van der Waals surface area contributed by atoms with Gasteiger partial charge in [-0.2, -0.15) is 0 Å². The smallest absolute Gasteiger partial charge is 0.313 e. The molecule has 8 heteroatoms. The highest BCUT2D eigenvalue weighted by Crippen LogP contribution is 2.21. The zero-order chi connectivity index (χ0) is 16.0. The summed E-state index contributed by atoms with van der Waals surface area (Å²) < 4.78 is 1.83. The quantitative estimate of drug-likeness (QED) is 0.706. The number of carbonyl (C=O) groups excluding carboxylic acids is 1. The fourth-order valence-electron chi connectivity index (χ4n) is 1.78. The molecule has 1 amide bonds. The number of carbonyl (C=O) groups is 2. The topological polar surface area (TPSA) is 97.1 Å². The van der Waals surface area contributed by atoms with Crippen molar-refractivity contribution in [2.75, 3.05) is 5.75 Å². The lowest BCUT2D eigenvalue weighted by molar-refractivity contribution is -0.134. The average molecular weight is 314 g/mol. The molecule has 0 unspecified atom stereocenters. The molecule has 1 aromatic heterocycles. The first-order valence-electron chi connectivity index (χ1n) is 6.88. The van der Waals surface area contributed by atoms with E-state index < -0.39 is 5.97 Å². The average Bonchev–Trinajstić information content (AvgIpc) is 2.76. The summed E-state index contributed by atoms with van der Waals surface area (Å²) in [5, 5.41) is 20.3. The van der Waals surface area contributed by atoms with E-state index in [1.54, 1.807) is 0 Å². The van der Waals surface area contributed by atoms with Crippen LogP contribution < -0.4 is 5.32 Å². The van der Waals surface area contributed by atoms with Gasteiger partial charge < -0.3 is 15.0 Å². The van der Waals surface area contributed by atoms with Gasteiger partial charge >= 0.3 is 5.97 Å². The summed E-state index contributed by atoms with van der Waals surface area (Å²) >= 11 is 1.12. The Morgan fingerprint density at radius 2 is 1.95 bits per heavy atom. The van der Waals surface area contributed by atoms with Crippen LogP contribution >= 0.6 is 11.8 Å². The predicted octanol–water partition coefficient (Wildman–Crippen LogP) is 1.49. The summed E-state index contributed by atoms with van der Waals surface area (Å²) in [6, 6.07) is 0.101. The Hall–Kier alpha value is -1.57. The molecule has 0 aliphatic heterocycles. The number of hydrogen-bond acceptors (Lipinski definition) is 5. The zero-order valence-corrected chi connectivity index (χ0v) is 13.6. The SMILES string of the molecule is CC(C)NC(=O)CCn1c(SCC(=O)O)nnc1C(C)C. The second-order valence-corrected chi connectivity index (χ2v) is 6.24. The number of carboxylic acids is 1. The number of aliphatic carboxylic acids is 1. The summed E-state index contributed by atoms with van der Waals surface area (Å²) in [6.45, 7) is 8.23. The molecule has 0 saturated carbocycles. The van der Waals surface area contributed by atoms with Gasteiger partial charge in [0.1, 0.15) is 5.82 Å². The van der Waals surface area contributed by atoms with Gasteiger partial charge in [-0.25, -0.2) is 0 Å². The van der Waals surface area contributed by atoms with Crippen molar-refractivity contribution in [2.24, 2.45) is 0 Å². The van der Waals surface area contributed by atoms with Gasteiger partial charge in [-0.3, -0.25) is 9.59 Å². The third kappa shape index (κ3) is 5.74. The third-order valence-electron chi connectivity index (χ3n) is 2.60. The number of thioether (sulfide) groups is 1. The minimum atomic E-state index is -0.904. The first-order chi connectivity index (χ1) is 9.81. The molecule has 0 saturated heterocycles. The Balaban J connectivity index is 2.78.